The van der Waals surface area contributed by atoms with Crippen LogP contribution in [0.1, 0.15) is 27.2 Å². The highest BCUT2D eigenvalue weighted by Crippen LogP contribution is 2.36. The summed E-state index contributed by atoms with van der Waals surface area (Å²) in [4.78, 5) is 40.7. The normalized spacial score (nSPS) is 12.4. The lowest BCUT2D eigenvalue weighted by molar-refractivity contribution is -0.135. The highest BCUT2D eigenvalue weighted by Gasteiger charge is 2.28. The molecule has 0 atom stereocenters. The fourth-order valence-electron chi connectivity index (χ4n) is 3.48. The van der Waals surface area contributed by atoms with Crippen LogP contribution in [0.4, 0.5) is 4.39 Å². The second-order valence-electron chi connectivity index (χ2n) is 7.17. The molecule has 0 fully saturated rings. The lowest BCUT2D eigenvalue weighted by Gasteiger charge is -2.16. The van der Waals surface area contributed by atoms with Crippen LogP contribution in [-0.4, -0.2) is 38.2 Å². The number of aromatic hydroxyl groups is 1. The number of carboxylic acids is 1. The number of carbonyl (C=O) groups is 2. The molecule has 0 aliphatic carbocycles. The fraction of sp³-hybridized carbons (Fsp3) is 0.182. The number of pyridine rings is 2. The van der Waals surface area contributed by atoms with Crippen LogP contribution in [0, 0.1) is 5.82 Å². The van der Waals surface area contributed by atoms with E-state index in [4.69, 9.17) is 5.11 Å². The smallest absolute Gasteiger partial charge is 0.322 e. The van der Waals surface area contributed by atoms with Crippen LogP contribution < -0.4 is 10.9 Å². The summed E-state index contributed by atoms with van der Waals surface area (Å²) < 4.78 is 14.5. The number of thioether (sulfide) groups is 1. The number of nitrogens with zero attached hydrogens (tertiary/aromatic N) is 2. The molecule has 8 nitrogen and oxygen atoms in total. The molecule has 0 saturated heterocycles. The number of nitrogens with one attached hydrogen (secondary N) is 1. The minimum absolute atomic E-state index is 0.123. The predicted octanol–water partition coefficient (Wildman–Crippen LogP) is 2.36. The van der Waals surface area contributed by atoms with E-state index < -0.39 is 35.3 Å². The third-order valence-corrected chi connectivity index (χ3v) is 6.04. The van der Waals surface area contributed by atoms with Crippen LogP contribution in [-0.2, 0) is 22.8 Å². The molecule has 1 aromatic carbocycles. The van der Waals surface area contributed by atoms with Gasteiger partial charge in [0.25, 0.3) is 11.5 Å². The molecule has 1 aliphatic heterocycles. The summed E-state index contributed by atoms with van der Waals surface area (Å²) in [6, 6.07) is 9.46. The van der Waals surface area contributed by atoms with E-state index in [9.17, 15) is 23.9 Å². The summed E-state index contributed by atoms with van der Waals surface area (Å²) in [6.45, 7) is -0.545. The Labute approximate surface area is 185 Å². The number of aromatic nitrogens is 2. The van der Waals surface area contributed by atoms with Gasteiger partial charge < -0.3 is 20.1 Å². The number of amides is 1. The first-order valence-corrected chi connectivity index (χ1v) is 10.8. The number of carbonyl (C=O) groups excluding carboxylic acids is 1. The van der Waals surface area contributed by atoms with Crippen molar-refractivity contribution in [1.82, 2.24) is 14.9 Å². The lowest BCUT2D eigenvalue weighted by atomic mass is 10.1. The maximum Gasteiger partial charge on any atom is 0.322 e. The van der Waals surface area contributed by atoms with Gasteiger partial charge in [-0.2, -0.15) is 11.8 Å². The standard InChI is InChI=1S/C22H18FN3O5S/c23-14-4-2-13(3-5-14)16-6-1-12(7-24-16)9-26-17-11-32-10-15(17)20(29)19(22(26)31)21(30)25-8-18(27)28/h1-7,29H,8-11H2,(H,25,30)(H,27,28). The topological polar surface area (TPSA) is 122 Å². The molecule has 0 spiro atoms. The van der Waals surface area contributed by atoms with Crippen molar-refractivity contribution < 1.29 is 24.2 Å². The molecule has 10 heteroatoms. The Morgan fingerprint density at radius 1 is 1.16 bits per heavy atom. The molecule has 164 valence electrons. The number of fused-ring (bicyclic) bond motifs is 1. The minimum atomic E-state index is -1.26. The van der Waals surface area contributed by atoms with Crippen molar-refractivity contribution in [2.45, 2.75) is 18.1 Å². The molecular weight excluding hydrogens is 437 g/mol. The van der Waals surface area contributed by atoms with Gasteiger partial charge in [-0.05, 0) is 35.9 Å². The van der Waals surface area contributed by atoms with Crippen LogP contribution in [0.25, 0.3) is 11.3 Å². The van der Waals surface area contributed by atoms with E-state index >= 15 is 0 Å². The van der Waals surface area contributed by atoms with Crippen LogP contribution in [0.3, 0.4) is 0 Å². The monoisotopic (exact) mass is 455 g/mol. The minimum Gasteiger partial charge on any atom is -0.507 e. The van der Waals surface area contributed by atoms with E-state index in [1.165, 1.54) is 28.5 Å². The molecule has 0 saturated carbocycles. The van der Waals surface area contributed by atoms with Crippen LogP contribution >= 0.6 is 11.8 Å². The Balaban J connectivity index is 1.68. The number of hydrogen-bond donors (Lipinski definition) is 3. The lowest BCUT2D eigenvalue weighted by Crippen LogP contribution is -2.37. The zero-order valence-electron chi connectivity index (χ0n) is 16.7. The van der Waals surface area contributed by atoms with Gasteiger partial charge in [-0.25, -0.2) is 4.39 Å². The van der Waals surface area contributed by atoms with Crippen molar-refractivity contribution in [3.8, 4) is 17.0 Å². The molecule has 3 heterocycles. The third kappa shape index (κ3) is 4.22. The number of carboxylic acid groups (broad SMARTS) is 1. The van der Waals surface area contributed by atoms with Gasteiger partial charge in [-0.1, -0.05) is 6.07 Å². The molecule has 1 amide bonds. The Hall–Kier alpha value is -3.66. The second-order valence-corrected chi connectivity index (χ2v) is 8.15. The van der Waals surface area contributed by atoms with Gasteiger partial charge in [-0.3, -0.25) is 19.4 Å². The first-order chi connectivity index (χ1) is 15.3. The van der Waals surface area contributed by atoms with Gasteiger partial charge in [-0.15, -0.1) is 0 Å². The summed E-state index contributed by atoms with van der Waals surface area (Å²) in [5.74, 6) is -2.01. The predicted molar refractivity (Wildman–Crippen MR) is 116 cm³/mol. The SMILES string of the molecule is O=C(O)CNC(=O)c1c(O)c2c(n(Cc3ccc(-c4ccc(F)cc4)nc3)c1=O)CSC2. The number of aliphatic carboxylic acids is 1. The van der Waals surface area contributed by atoms with Crippen molar-refractivity contribution in [2.24, 2.45) is 0 Å². The Morgan fingerprint density at radius 2 is 1.91 bits per heavy atom. The molecule has 4 rings (SSSR count). The highest BCUT2D eigenvalue weighted by atomic mass is 32.2. The number of halogens is 1. The Bertz CT molecular complexity index is 1260. The van der Waals surface area contributed by atoms with Gasteiger partial charge in [0.15, 0.2) is 0 Å². The third-order valence-electron chi connectivity index (χ3n) is 5.07. The molecule has 3 aromatic rings. The van der Waals surface area contributed by atoms with Crippen molar-refractivity contribution in [2.75, 3.05) is 6.54 Å². The van der Waals surface area contributed by atoms with Gasteiger partial charge >= 0.3 is 5.97 Å². The zero-order chi connectivity index (χ0) is 22.8. The zero-order valence-corrected chi connectivity index (χ0v) is 17.5. The number of rotatable bonds is 6. The molecule has 0 unspecified atom stereocenters. The van der Waals surface area contributed by atoms with Crippen molar-refractivity contribution >= 4 is 23.6 Å². The van der Waals surface area contributed by atoms with Gasteiger partial charge in [0.2, 0.25) is 0 Å². The molecular formula is C22H18FN3O5S. The maximum absolute atomic E-state index is 13.1. The van der Waals surface area contributed by atoms with E-state index in [1.54, 1.807) is 30.5 Å². The van der Waals surface area contributed by atoms with E-state index in [2.05, 4.69) is 10.3 Å². The molecule has 1 aliphatic rings. The van der Waals surface area contributed by atoms with Crippen molar-refractivity contribution in [1.29, 1.82) is 0 Å². The number of benzene rings is 1. The molecule has 3 N–H and O–H groups in total. The highest BCUT2D eigenvalue weighted by molar-refractivity contribution is 7.98. The average Bonchev–Trinajstić information content (AvgIpc) is 3.26. The van der Waals surface area contributed by atoms with E-state index in [1.807, 2.05) is 0 Å². The Kier molecular flexibility index (Phi) is 5.95. The Morgan fingerprint density at radius 3 is 2.56 bits per heavy atom. The van der Waals surface area contributed by atoms with E-state index in [0.29, 0.717) is 34.0 Å². The summed E-state index contributed by atoms with van der Waals surface area (Å²) in [6.07, 6.45) is 1.59. The molecule has 2 aromatic heterocycles. The van der Waals surface area contributed by atoms with Gasteiger partial charge in [0, 0.05) is 34.5 Å². The quantitative estimate of drug-likeness (QED) is 0.522. The summed E-state index contributed by atoms with van der Waals surface area (Å²) in [5.41, 5.74) is 2.02. The average molecular weight is 455 g/mol. The maximum atomic E-state index is 13.1. The van der Waals surface area contributed by atoms with Crippen LogP contribution in [0.2, 0.25) is 0 Å². The fourth-order valence-corrected chi connectivity index (χ4v) is 4.62. The van der Waals surface area contributed by atoms with Gasteiger partial charge in [0.1, 0.15) is 23.7 Å². The van der Waals surface area contributed by atoms with Crippen molar-refractivity contribution in [3.05, 3.63) is 81.2 Å². The van der Waals surface area contributed by atoms with E-state index in [0.717, 1.165) is 5.56 Å². The van der Waals surface area contributed by atoms with Gasteiger partial charge in [0.05, 0.1) is 12.2 Å². The first kappa shape index (κ1) is 21.6. The summed E-state index contributed by atoms with van der Waals surface area (Å²) in [5, 5.41) is 21.4. The molecule has 0 bridgehead atoms. The van der Waals surface area contributed by atoms with Crippen LogP contribution in [0.5, 0.6) is 5.75 Å². The second kappa shape index (κ2) is 8.83. The number of hydrogen-bond acceptors (Lipinski definition) is 6. The van der Waals surface area contributed by atoms with Crippen molar-refractivity contribution in [3.63, 3.8) is 0 Å². The first-order valence-electron chi connectivity index (χ1n) is 9.61. The molecule has 0 radical (unpaired) electrons. The van der Waals surface area contributed by atoms with Crippen LogP contribution in [0.15, 0.2) is 47.4 Å². The largest absolute Gasteiger partial charge is 0.507 e. The summed E-state index contributed by atoms with van der Waals surface area (Å²) >= 11 is 1.50. The molecule has 32 heavy (non-hydrogen) atoms. The summed E-state index contributed by atoms with van der Waals surface area (Å²) in [7, 11) is 0. The van der Waals surface area contributed by atoms with E-state index in [-0.39, 0.29) is 12.4 Å².